The Hall–Kier alpha value is -1.91. The van der Waals surface area contributed by atoms with Crippen LogP contribution in [0, 0.1) is 5.82 Å². The van der Waals surface area contributed by atoms with Gasteiger partial charge in [0.2, 0.25) is 0 Å². The van der Waals surface area contributed by atoms with Crippen LogP contribution < -0.4 is 4.90 Å². The molecule has 0 spiro atoms. The number of esters is 1. The predicted molar refractivity (Wildman–Crippen MR) is 68.3 cm³/mol. The van der Waals surface area contributed by atoms with Crippen LogP contribution in [0.4, 0.5) is 10.1 Å². The van der Waals surface area contributed by atoms with Gasteiger partial charge in [0.15, 0.2) is 0 Å². The molecular formula is C14H16FNO3. The fraction of sp³-hybridized carbons (Fsp3) is 0.429. The number of hydrogen-bond acceptors (Lipinski definition) is 3. The normalized spacial score (nSPS) is 17.8. The minimum Gasteiger partial charge on any atom is -0.459 e. The highest BCUT2D eigenvalue weighted by Gasteiger charge is 2.33. The van der Waals surface area contributed by atoms with Gasteiger partial charge in [-0.05, 0) is 50.5 Å². The van der Waals surface area contributed by atoms with Gasteiger partial charge in [0, 0.05) is 11.7 Å². The first-order valence-corrected chi connectivity index (χ1v) is 6.33. The van der Waals surface area contributed by atoms with Gasteiger partial charge in [0.25, 0.3) is 0 Å². The van der Waals surface area contributed by atoms with Crippen molar-refractivity contribution in [2.24, 2.45) is 0 Å². The van der Waals surface area contributed by atoms with Gasteiger partial charge in [-0.1, -0.05) is 0 Å². The lowest BCUT2D eigenvalue weighted by Gasteiger charge is -2.34. The zero-order valence-electron chi connectivity index (χ0n) is 11.0. The average Bonchev–Trinajstić information content (AvgIpc) is 2.38. The Balaban J connectivity index is 2.35. The van der Waals surface area contributed by atoms with Crippen LogP contribution in [0.1, 0.15) is 25.8 Å². The summed E-state index contributed by atoms with van der Waals surface area (Å²) in [5.74, 6) is -1.90. The van der Waals surface area contributed by atoms with Crippen molar-refractivity contribution in [2.75, 3.05) is 11.5 Å². The summed E-state index contributed by atoms with van der Waals surface area (Å²) in [6, 6.07) is 4.14. The first-order valence-electron chi connectivity index (χ1n) is 6.33. The molecule has 0 aliphatic carbocycles. The average molecular weight is 265 g/mol. The van der Waals surface area contributed by atoms with Gasteiger partial charge in [-0.2, -0.15) is 0 Å². The summed E-state index contributed by atoms with van der Waals surface area (Å²) >= 11 is 0. The third-order valence-electron chi connectivity index (χ3n) is 3.24. The highest BCUT2D eigenvalue weighted by molar-refractivity contribution is 6.38. The fourth-order valence-electron chi connectivity index (χ4n) is 2.32. The predicted octanol–water partition coefficient (Wildman–Crippen LogP) is 2.06. The van der Waals surface area contributed by atoms with Crippen LogP contribution in [0.2, 0.25) is 0 Å². The standard InChI is InChI=1S/C14H16FNO3/c1-3-19-14(18)13(17)16-9(2)4-5-10-8-11(15)6-7-12(10)16/h6-9H,3-5H2,1-2H3. The maximum atomic E-state index is 13.2. The molecule has 1 amide bonds. The number of hydrogen-bond donors (Lipinski definition) is 0. The van der Waals surface area contributed by atoms with E-state index in [9.17, 15) is 14.0 Å². The molecule has 0 N–H and O–H groups in total. The molecule has 4 nitrogen and oxygen atoms in total. The largest absolute Gasteiger partial charge is 0.459 e. The number of carbonyl (C=O) groups is 2. The Morgan fingerprint density at radius 2 is 2.21 bits per heavy atom. The highest BCUT2D eigenvalue weighted by Crippen LogP contribution is 2.31. The van der Waals surface area contributed by atoms with Gasteiger partial charge in [0.05, 0.1) is 6.61 Å². The second-order valence-electron chi connectivity index (χ2n) is 4.56. The second-order valence-corrected chi connectivity index (χ2v) is 4.56. The van der Waals surface area contributed by atoms with Gasteiger partial charge in [-0.3, -0.25) is 9.69 Å². The molecule has 5 heteroatoms. The monoisotopic (exact) mass is 265 g/mol. The lowest BCUT2D eigenvalue weighted by molar-refractivity contribution is -0.153. The van der Waals surface area contributed by atoms with Crippen LogP contribution in [0.3, 0.4) is 0 Å². The van der Waals surface area contributed by atoms with Crippen molar-refractivity contribution in [3.05, 3.63) is 29.6 Å². The fourth-order valence-corrected chi connectivity index (χ4v) is 2.32. The van der Waals surface area contributed by atoms with Crippen LogP contribution in [-0.4, -0.2) is 24.5 Å². The third kappa shape index (κ3) is 2.59. The van der Waals surface area contributed by atoms with Gasteiger partial charge in [-0.15, -0.1) is 0 Å². The quantitative estimate of drug-likeness (QED) is 0.577. The second kappa shape index (κ2) is 5.38. The van der Waals surface area contributed by atoms with E-state index in [1.165, 1.54) is 23.1 Å². The molecule has 102 valence electrons. The highest BCUT2D eigenvalue weighted by atomic mass is 19.1. The van der Waals surface area contributed by atoms with E-state index in [0.29, 0.717) is 18.5 Å². The maximum absolute atomic E-state index is 13.2. The van der Waals surface area contributed by atoms with Gasteiger partial charge >= 0.3 is 11.9 Å². The number of aryl methyl sites for hydroxylation is 1. The van der Waals surface area contributed by atoms with Crippen LogP contribution in [0.25, 0.3) is 0 Å². The molecule has 2 rings (SSSR count). The number of rotatable bonds is 1. The van der Waals surface area contributed by atoms with E-state index in [1.807, 2.05) is 6.92 Å². The zero-order valence-corrected chi connectivity index (χ0v) is 11.0. The molecule has 19 heavy (non-hydrogen) atoms. The minimum atomic E-state index is -0.869. The molecule has 0 fully saturated rings. The van der Waals surface area contributed by atoms with Crippen LogP contribution >= 0.6 is 0 Å². The van der Waals surface area contributed by atoms with E-state index in [-0.39, 0.29) is 18.5 Å². The van der Waals surface area contributed by atoms with Gasteiger partial charge in [-0.25, -0.2) is 9.18 Å². The Bertz CT molecular complexity index is 515. The molecule has 1 unspecified atom stereocenters. The van der Waals surface area contributed by atoms with E-state index in [4.69, 9.17) is 4.74 Å². The van der Waals surface area contributed by atoms with E-state index in [2.05, 4.69) is 0 Å². The number of halogens is 1. The summed E-state index contributed by atoms with van der Waals surface area (Å²) in [4.78, 5) is 25.1. The Labute approximate surface area is 111 Å². The molecular weight excluding hydrogens is 249 g/mol. The number of ether oxygens (including phenoxy) is 1. The summed E-state index contributed by atoms with van der Waals surface area (Å²) in [5, 5.41) is 0. The lowest BCUT2D eigenvalue weighted by atomic mass is 9.96. The van der Waals surface area contributed by atoms with Crippen molar-refractivity contribution in [1.82, 2.24) is 0 Å². The molecule has 0 saturated heterocycles. The Morgan fingerprint density at radius 3 is 2.89 bits per heavy atom. The molecule has 1 aliphatic heterocycles. The topological polar surface area (TPSA) is 46.6 Å². The van der Waals surface area contributed by atoms with Crippen LogP contribution in [0.15, 0.2) is 18.2 Å². The molecule has 0 radical (unpaired) electrons. The van der Waals surface area contributed by atoms with Gasteiger partial charge in [0.1, 0.15) is 5.82 Å². The number of carbonyl (C=O) groups excluding carboxylic acids is 2. The zero-order chi connectivity index (χ0) is 14.0. The number of fused-ring (bicyclic) bond motifs is 1. The molecule has 1 aliphatic rings. The van der Waals surface area contributed by atoms with Crippen LogP contribution in [-0.2, 0) is 20.7 Å². The number of benzene rings is 1. The van der Waals surface area contributed by atoms with E-state index in [1.54, 1.807) is 6.92 Å². The van der Waals surface area contributed by atoms with Crippen molar-refractivity contribution < 1.29 is 18.7 Å². The molecule has 1 aromatic rings. The SMILES string of the molecule is CCOC(=O)C(=O)N1c2ccc(F)cc2CCC1C. The van der Waals surface area contributed by atoms with Crippen LogP contribution in [0.5, 0.6) is 0 Å². The van der Waals surface area contributed by atoms with Crippen molar-refractivity contribution in [3.63, 3.8) is 0 Å². The Kier molecular flexibility index (Phi) is 3.83. The molecule has 1 heterocycles. The van der Waals surface area contributed by atoms with E-state index >= 15 is 0 Å². The summed E-state index contributed by atoms with van der Waals surface area (Å²) in [6.45, 7) is 3.67. The molecule has 1 aromatic carbocycles. The first kappa shape index (κ1) is 13.5. The lowest BCUT2D eigenvalue weighted by Crippen LogP contribution is -2.46. The number of anilines is 1. The molecule has 1 atom stereocenters. The van der Waals surface area contributed by atoms with E-state index < -0.39 is 11.9 Å². The Morgan fingerprint density at radius 1 is 1.47 bits per heavy atom. The molecule has 0 saturated carbocycles. The third-order valence-corrected chi connectivity index (χ3v) is 3.24. The summed E-state index contributed by atoms with van der Waals surface area (Å²) < 4.78 is 17.9. The molecule has 0 bridgehead atoms. The summed E-state index contributed by atoms with van der Waals surface area (Å²) in [5.41, 5.74) is 1.34. The van der Waals surface area contributed by atoms with Crippen molar-refractivity contribution in [1.29, 1.82) is 0 Å². The smallest absolute Gasteiger partial charge is 0.397 e. The molecule has 0 aromatic heterocycles. The minimum absolute atomic E-state index is 0.102. The van der Waals surface area contributed by atoms with Crippen molar-refractivity contribution in [2.45, 2.75) is 32.7 Å². The maximum Gasteiger partial charge on any atom is 0.397 e. The summed E-state index contributed by atoms with van der Waals surface area (Å²) in [7, 11) is 0. The summed E-state index contributed by atoms with van der Waals surface area (Å²) in [6.07, 6.45) is 1.39. The van der Waals surface area contributed by atoms with Crippen molar-refractivity contribution in [3.8, 4) is 0 Å². The first-order chi connectivity index (χ1) is 9.04. The van der Waals surface area contributed by atoms with E-state index in [0.717, 1.165) is 5.56 Å². The number of amides is 1. The van der Waals surface area contributed by atoms with Crippen molar-refractivity contribution >= 4 is 17.6 Å². The van der Waals surface area contributed by atoms with Gasteiger partial charge < -0.3 is 4.74 Å². The number of nitrogens with zero attached hydrogens (tertiary/aromatic N) is 1.